The minimum Gasteiger partial charge on any atom is -0.244 e. The van der Waals surface area contributed by atoms with Gasteiger partial charge in [0.1, 0.15) is 5.69 Å². The van der Waals surface area contributed by atoms with Crippen molar-refractivity contribution in [3.05, 3.63) is 182 Å². The van der Waals surface area contributed by atoms with Crippen molar-refractivity contribution in [3.8, 4) is 45.4 Å². The van der Waals surface area contributed by atoms with E-state index in [1.54, 1.807) is 0 Å². The predicted octanol–water partition coefficient (Wildman–Crippen LogP) is 12.9. The molecule has 0 atom stereocenters. The van der Waals surface area contributed by atoms with Crippen LogP contribution in [0, 0.1) is 0 Å². The van der Waals surface area contributed by atoms with E-state index in [2.05, 4.69) is 140 Å². The van der Waals surface area contributed by atoms with Gasteiger partial charge in [0.25, 0.3) is 0 Å². The summed E-state index contributed by atoms with van der Waals surface area (Å²) in [5.74, 6) is 1.76. The smallest absolute Gasteiger partial charge is 0.183 e. The molecule has 0 amide bonds. The summed E-state index contributed by atoms with van der Waals surface area (Å²) in [6.45, 7) is 0. The molecule has 11 aromatic rings. The van der Waals surface area contributed by atoms with Gasteiger partial charge in [0.2, 0.25) is 0 Å². The van der Waals surface area contributed by atoms with Crippen LogP contribution in [0.5, 0.6) is 0 Å². The summed E-state index contributed by atoms with van der Waals surface area (Å²) in [4.78, 5) is 20.6. The summed E-state index contributed by atoms with van der Waals surface area (Å²) in [7, 11) is 0. The Morgan fingerprint density at radius 1 is 0.241 bits per heavy atom. The summed E-state index contributed by atoms with van der Waals surface area (Å²) in [6, 6.07) is 64.2. The first-order valence-corrected chi connectivity index (χ1v) is 18.2. The van der Waals surface area contributed by atoms with Gasteiger partial charge in [-0.15, -0.1) is 0 Å². The number of rotatable bonds is 4. The van der Waals surface area contributed by atoms with Crippen molar-refractivity contribution in [1.29, 1.82) is 0 Å². The van der Waals surface area contributed by atoms with Crippen LogP contribution in [-0.2, 0) is 0 Å². The third-order valence-corrected chi connectivity index (χ3v) is 10.7. The molecule has 0 saturated carbocycles. The normalized spacial score (nSPS) is 11.7. The summed E-state index contributed by atoms with van der Waals surface area (Å²) in [5, 5.41) is 12.9. The first kappa shape index (κ1) is 30.3. The fraction of sp³-hybridized carbons (Fsp3) is 0. The molecule has 54 heavy (non-hydrogen) atoms. The van der Waals surface area contributed by atoms with Gasteiger partial charge in [-0.2, -0.15) is 0 Å². The molecular weight excluding hydrogens is 657 g/mol. The molecule has 11 rings (SSSR count). The standard InChI is InChI=1S/C50H30N4/c1-2-13-32(14-3-1)48-52-49(54-50(53-48)47-43-20-9-8-18-39(43)42-19-10-11-21-46(42)51-47)36-25-27-41-38-17-7-6-16-37(38)40-26-24-35(29-44(40)45(41)30-36)34-23-22-31-12-4-5-15-33(31)28-34/h1-30H. The largest absolute Gasteiger partial charge is 0.244 e. The Kier molecular flexibility index (Phi) is 6.82. The van der Waals surface area contributed by atoms with E-state index >= 15 is 0 Å². The van der Waals surface area contributed by atoms with Crippen LogP contribution in [0.2, 0.25) is 0 Å². The quantitative estimate of drug-likeness (QED) is 0.173. The van der Waals surface area contributed by atoms with Gasteiger partial charge in [-0.1, -0.05) is 158 Å². The van der Waals surface area contributed by atoms with Gasteiger partial charge in [0, 0.05) is 21.9 Å². The monoisotopic (exact) mass is 686 g/mol. The highest BCUT2D eigenvalue weighted by Crippen LogP contribution is 2.40. The zero-order valence-corrected chi connectivity index (χ0v) is 29.1. The van der Waals surface area contributed by atoms with Gasteiger partial charge in [-0.3, -0.25) is 0 Å². The maximum atomic E-state index is 5.21. The van der Waals surface area contributed by atoms with E-state index in [1.807, 2.05) is 42.5 Å². The maximum absolute atomic E-state index is 5.21. The summed E-state index contributed by atoms with van der Waals surface area (Å²) < 4.78 is 0. The lowest BCUT2D eigenvalue weighted by atomic mass is 9.91. The summed E-state index contributed by atoms with van der Waals surface area (Å²) in [6.07, 6.45) is 0. The Balaban J connectivity index is 1.17. The summed E-state index contributed by atoms with van der Waals surface area (Å²) in [5.41, 5.74) is 5.85. The fourth-order valence-electron chi connectivity index (χ4n) is 8.05. The predicted molar refractivity (Wildman–Crippen MR) is 224 cm³/mol. The second-order valence-corrected chi connectivity index (χ2v) is 13.8. The molecule has 0 spiro atoms. The molecule has 2 heterocycles. The molecule has 0 aliphatic heterocycles. The van der Waals surface area contributed by atoms with Gasteiger partial charge in [0.15, 0.2) is 17.5 Å². The lowest BCUT2D eigenvalue weighted by Crippen LogP contribution is -2.02. The van der Waals surface area contributed by atoms with Crippen molar-refractivity contribution in [1.82, 2.24) is 19.9 Å². The van der Waals surface area contributed by atoms with Crippen LogP contribution in [0.25, 0.3) is 110 Å². The molecule has 0 fully saturated rings. The SMILES string of the molecule is c1ccc(-c2nc(-c3ccc4c5ccccc5c5ccc(-c6ccc7ccccc7c6)cc5c4c3)nc(-c3nc4ccccc4c4ccccc34)n2)cc1. The maximum Gasteiger partial charge on any atom is 0.183 e. The van der Waals surface area contributed by atoms with Crippen molar-refractivity contribution in [2.75, 3.05) is 0 Å². The van der Waals surface area contributed by atoms with Crippen molar-refractivity contribution in [2.45, 2.75) is 0 Å². The van der Waals surface area contributed by atoms with Crippen LogP contribution < -0.4 is 0 Å². The number of fused-ring (bicyclic) bond motifs is 10. The van der Waals surface area contributed by atoms with Gasteiger partial charge >= 0.3 is 0 Å². The zero-order chi connectivity index (χ0) is 35.6. The van der Waals surface area contributed by atoms with Crippen molar-refractivity contribution < 1.29 is 0 Å². The molecule has 9 aromatic carbocycles. The van der Waals surface area contributed by atoms with Crippen LogP contribution in [0.4, 0.5) is 0 Å². The van der Waals surface area contributed by atoms with Crippen LogP contribution in [0.15, 0.2) is 182 Å². The van der Waals surface area contributed by atoms with E-state index in [9.17, 15) is 0 Å². The average Bonchev–Trinajstić information content (AvgIpc) is 3.26. The molecule has 0 aliphatic rings. The fourth-order valence-corrected chi connectivity index (χ4v) is 8.05. The average molecular weight is 687 g/mol. The van der Waals surface area contributed by atoms with Crippen LogP contribution in [-0.4, -0.2) is 19.9 Å². The Morgan fingerprint density at radius 2 is 0.722 bits per heavy atom. The molecule has 0 aliphatic carbocycles. The van der Waals surface area contributed by atoms with E-state index in [0.717, 1.165) is 43.9 Å². The number of para-hydroxylation sites is 1. The highest BCUT2D eigenvalue weighted by molar-refractivity contribution is 6.26. The zero-order valence-electron chi connectivity index (χ0n) is 29.1. The Hall–Kier alpha value is -7.30. The number of nitrogens with zero attached hydrogens (tertiary/aromatic N) is 4. The first-order valence-electron chi connectivity index (χ1n) is 18.2. The van der Waals surface area contributed by atoms with Crippen molar-refractivity contribution in [3.63, 3.8) is 0 Å². The minimum atomic E-state index is 0.544. The lowest BCUT2D eigenvalue weighted by Gasteiger charge is -2.14. The van der Waals surface area contributed by atoms with Gasteiger partial charge in [0.05, 0.1) is 5.52 Å². The minimum absolute atomic E-state index is 0.544. The number of pyridine rings is 1. The molecule has 0 bridgehead atoms. The number of hydrogen-bond acceptors (Lipinski definition) is 4. The molecule has 0 saturated heterocycles. The third kappa shape index (κ3) is 4.92. The van der Waals surface area contributed by atoms with Crippen LogP contribution >= 0.6 is 0 Å². The van der Waals surface area contributed by atoms with Crippen LogP contribution in [0.1, 0.15) is 0 Å². The highest BCUT2D eigenvalue weighted by Gasteiger charge is 2.18. The Labute approximate surface area is 311 Å². The van der Waals surface area contributed by atoms with Gasteiger partial charge in [-0.05, 0) is 83.9 Å². The van der Waals surface area contributed by atoms with E-state index in [0.29, 0.717) is 17.5 Å². The molecule has 0 radical (unpaired) electrons. The number of benzene rings is 9. The topological polar surface area (TPSA) is 51.6 Å². The Morgan fingerprint density at radius 3 is 1.46 bits per heavy atom. The van der Waals surface area contributed by atoms with E-state index in [1.165, 1.54) is 48.8 Å². The first-order chi connectivity index (χ1) is 26.7. The molecule has 0 unspecified atom stereocenters. The summed E-state index contributed by atoms with van der Waals surface area (Å²) >= 11 is 0. The second kappa shape index (κ2) is 12.1. The molecule has 4 heteroatoms. The van der Waals surface area contributed by atoms with E-state index in [4.69, 9.17) is 19.9 Å². The van der Waals surface area contributed by atoms with E-state index < -0.39 is 0 Å². The molecule has 4 nitrogen and oxygen atoms in total. The van der Waals surface area contributed by atoms with Crippen molar-refractivity contribution >= 4 is 64.8 Å². The number of aromatic nitrogens is 4. The molecule has 2 aromatic heterocycles. The molecule has 250 valence electrons. The number of hydrogen-bond donors (Lipinski definition) is 0. The van der Waals surface area contributed by atoms with E-state index in [-0.39, 0.29) is 0 Å². The lowest BCUT2D eigenvalue weighted by molar-refractivity contribution is 1.07. The van der Waals surface area contributed by atoms with Crippen molar-refractivity contribution in [2.24, 2.45) is 0 Å². The second-order valence-electron chi connectivity index (χ2n) is 13.8. The van der Waals surface area contributed by atoms with Gasteiger partial charge in [-0.25, -0.2) is 19.9 Å². The molecular formula is C50H30N4. The highest BCUT2D eigenvalue weighted by atomic mass is 15.0. The van der Waals surface area contributed by atoms with Gasteiger partial charge < -0.3 is 0 Å². The van der Waals surface area contributed by atoms with Crippen LogP contribution in [0.3, 0.4) is 0 Å². The Bertz CT molecular complexity index is 3280. The third-order valence-electron chi connectivity index (χ3n) is 10.7. The molecule has 0 N–H and O–H groups in total.